The minimum absolute atomic E-state index is 0.101. The molecular weight excluding hydrogens is 358 g/mol. The van der Waals surface area contributed by atoms with E-state index in [2.05, 4.69) is 10.6 Å². The quantitative estimate of drug-likeness (QED) is 0.700. The van der Waals surface area contributed by atoms with Gasteiger partial charge in [-0.1, -0.05) is 39.3 Å². The van der Waals surface area contributed by atoms with Crippen molar-refractivity contribution in [1.29, 1.82) is 0 Å². The SMILES string of the molecule is CCCCN1C(=O)NC(c2cccc(NC(=O)C(C)C)c2)C(C(=O)OC)=C1C. The molecule has 0 saturated carbocycles. The van der Waals surface area contributed by atoms with Crippen LogP contribution in [0.15, 0.2) is 35.5 Å². The van der Waals surface area contributed by atoms with Gasteiger partial charge in [0.25, 0.3) is 0 Å². The largest absolute Gasteiger partial charge is 0.466 e. The van der Waals surface area contributed by atoms with Gasteiger partial charge in [0.15, 0.2) is 0 Å². The zero-order valence-corrected chi connectivity index (χ0v) is 17.2. The van der Waals surface area contributed by atoms with E-state index in [0.717, 1.165) is 12.8 Å². The highest BCUT2D eigenvalue weighted by atomic mass is 16.5. The minimum atomic E-state index is -0.645. The Morgan fingerprint density at radius 3 is 2.64 bits per heavy atom. The fourth-order valence-corrected chi connectivity index (χ4v) is 3.07. The van der Waals surface area contributed by atoms with Gasteiger partial charge in [-0.05, 0) is 31.0 Å². The fraction of sp³-hybridized carbons (Fsp3) is 0.476. The van der Waals surface area contributed by atoms with Crippen molar-refractivity contribution in [3.63, 3.8) is 0 Å². The number of anilines is 1. The molecule has 0 bridgehead atoms. The average Bonchev–Trinajstić information content (AvgIpc) is 2.67. The summed E-state index contributed by atoms with van der Waals surface area (Å²) in [5.41, 5.74) is 2.29. The molecule has 152 valence electrons. The van der Waals surface area contributed by atoms with Crippen LogP contribution >= 0.6 is 0 Å². The Bertz CT molecular complexity index is 786. The summed E-state index contributed by atoms with van der Waals surface area (Å²) in [7, 11) is 1.33. The number of methoxy groups -OCH3 is 1. The van der Waals surface area contributed by atoms with Crippen LogP contribution in [0.2, 0.25) is 0 Å². The smallest absolute Gasteiger partial charge is 0.337 e. The van der Waals surface area contributed by atoms with Crippen LogP contribution in [0.5, 0.6) is 0 Å². The third-order valence-corrected chi connectivity index (χ3v) is 4.75. The van der Waals surface area contributed by atoms with Crippen molar-refractivity contribution in [2.75, 3.05) is 19.0 Å². The zero-order chi connectivity index (χ0) is 20.8. The molecule has 1 aromatic carbocycles. The summed E-state index contributed by atoms with van der Waals surface area (Å²) < 4.78 is 4.98. The van der Waals surface area contributed by atoms with E-state index in [1.807, 2.05) is 26.8 Å². The number of carbonyl (C=O) groups is 3. The molecule has 1 aliphatic rings. The molecule has 7 heteroatoms. The van der Waals surface area contributed by atoms with Crippen LogP contribution in [0, 0.1) is 5.92 Å². The number of urea groups is 1. The number of hydrogen-bond acceptors (Lipinski definition) is 4. The number of amides is 3. The molecule has 1 aliphatic heterocycles. The first-order chi connectivity index (χ1) is 13.3. The van der Waals surface area contributed by atoms with Gasteiger partial charge in [0, 0.05) is 23.8 Å². The highest BCUT2D eigenvalue weighted by Crippen LogP contribution is 2.32. The highest BCUT2D eigenvalue weighted by molar-refractivity contribution is 5.95. The summed E-state index contributed by atoms with van der Waals surface area (Å²) >= 11 is 0. The Labute approximate surface area is 166 Å². The number of carbonyl (C=O) groups excluding carboxylic acids is 3. The number of esters is 1. The first-order valence-corrected chi connectivity index (χ1v) is 9.58. The van der Waals surface area contributed by atoms with Gasteiger partial charge >= 0.3 is 12.0 Å². The monoisotopic (exact) mass is 387 g/mol. The molecular formula is C21H29N3O4. The second-order valence-electron chi connectivity index (χ2n) is 7.15. The van der Waals surface area contributed by atoms with Gasteiger partial charge in [0.05, 0.1) is 18.7 Å². The number of nitrogens with zero attached hydrogens (tertiary/aromatic N) is 1. The molecule has 1 heterocycles. The summed E-state index contributed by atoms with van der Waals surface area (Å²) in [6.45, 7) is 7.96. The Morgan fingerprint density at radius 1 is 1.32 bits per heavy atom. The standard InChI is InChI=1S/C21H29N3O4/c1-6-7-11-24-14(4)17(20(26)28-5)18(23-21(24)27)15-9-8-10-16(12-15)22-19(25)13(2)3/h8-10,12-13,18H,6-7,11H2,1-5H3,(H,22,25)(H,23,27). The summed E-state index contributed by atoms with van der Waals surface area (Å²) in [6.07, 6.45) is 1.77. The van der Waals surface area contributed by atoms with Crippen LogP contribution in [0.4, 0.5) is 10.5 Å². The number of benzene rings is 1. The van der Waals surface area contributed by atoms with E-state index in [0.29, 0.717) is 29.1 Å². The Balaban J connectivity index is 2.43. The zero-order valence-electron chi connectivity index (χ0n) is 17.2. The van der Waals surface area contributed by atoms with Crippen molar-refractivity contribution in [2.45, 2.75) is 46.6 Å². The maximum atomic E-state index is 12.7. The van der Waals surface area contributed by atoms with Gasteiger partial charge in [-0.2, -0.15) is 0 Å². The molecule has 28 heavy (non-hydrogen) atoms. The molecule has 0 aromatic heterocycles. The van der Waals surface area contributed by atoms with Gasteiger partial charge in [0.1, 0.15) is 0 Å². The molecule has 1 atom stereocenters. The Kier molecular flexibility index (Phi) is 7.20. The summed E-state index contributed by atoms with van der Waals surface area (Å²) in [5.74, 6) is -0.742. The van der Waals surface area contributed by atoms with Crippen molar-refractivity contribution in [1.82, 2.24) is 10.2 Å². The van der Waals surface area contributed by atoms with Crippen molar-refractivity contribution in [2.24, 2.45) is 5.92 Å². The predicted octanol–water partition coefficient (Wildman–Crippen LogP) is 3.59. The van der Waals surface area contributed by atoms with E-state index in [9.17, 15) is 14.4 Å². The number of unbranched alkanes of at least 4 members (excludes halogenated alkanes) is 1. The molecule has 0 spiro atoms. The average molecular weight is 387 g/mol. The van der Waals surface area contributed by atoms with Crippen LogP contribution in [-0.2, 0) is 14.3 Å². The second kappa shape index (κ2) is 9.39. The molecule has 2 N–H and O–H groups in total. The summed E-state index contributed by atoms with van der Waals surface area (Å²) in [5, 5.41) is 5.75. The lowest BCUT2D eigenvalue weighted by molar-refractivity contribution is -0.136. The lowest BCUT2D eigenvalue weighted by atomic mass is 9.94. The van der Waals surface area contributed by atoms with Gasteiger partial charge in [-0.15, -0.1) is 0 Å². The highest BCUT2D eigenvalue weighted by Gasteiger charge is 2.36. The van der Waals surface area contributed by atoms with Crippen LogP contribution in [0.1, 0.15) is 52.1 Å². The van der Waals surface area contributed by atoms with Gasteiger partial charge in [0.2, 0.25) is 5.91 Å². The molecule has 7 nitrogen and oxygen atoms in total. The number of rotatable bonds is 7. The maximum Gasteiger partial charge on any atom is 0.337 e. The van der Waals surface area contributed by atoms with E-state index in [1.165, 1.54) is 7.11 Å². The van der Waals surface area contributed by atoms with Crippen molar-refractivity contribution in [3.05, 3.63) is 41.1 Å². The molecule has 0 fully saturated rings. The first-order valence-electron chi connectivity index (χ1n) is 9.58. The minimum Gasteiger partial charge on any atom is -0.466 e. The summed E-state index contributed by atoms with van der Waals surface area (Å²) in [4.78, 5) is 38.7. The Morgan fingerprint density at radius 2 is 2.04 bits per heavy atom. The number of nitrogens with one attached hydrogen (secondary N) is 2. The van der Waals surface area contributed by atoms with E-state index in [4.69, 9.17) is 4.74 Å². The van der Waals surface area contributed by atoms with Crippen LogP contribution in [0.3, 0.4) is 0 Å². The third kappa shape index (κ3) is 4.71. The molecule has 1 aromatic rings. The molecule has 0 aliphatic carbocycles. The lowest BCUT2D eigenvalue weighted by Crippen LogP contribution is -2.48. The van der Waals surface area contributed by atoms with Crippen LogP contribution < -0.4 is 10.6 Å². The molecule has 1 unspecified atom stereocenters. The van der Waals surface area contributed by atoms with Crippen LogP contribution in [-0.4, -0.2) is 36.5 Å². The lowest BCUT2D eigenvalue weighted by Gasteiger charge is -2.35. The fourth-order valence-electron chi connectivity index (χ4n) is 3.07. The molecule has 0 saturated heterocycles. The summed E-state index contributed by atoms with van der Waals surface area (Å²) in [6, 6.07) is 6.24. The predicted molar refractivity (Wildman–Crippen MR) is 108 cm³/mol. The van der Waals surface area contributed by atoms with Crippen molar-refractivity contribution < 1.29 is 19.1 Å². The molecule has 2 rings (SSSR count). The van der Waals surface area contributed by atoms with Crippen LogP contribution in [0.25, 0.3) is 0 Å². The normalized spacial score (nSPS) is 16.9. The first kappa shape index (κ1) is 21.5. The van der Waals surface area contributed by atoms with E-state index < -0.39 is 12.0 Å². The van der Waals surface area contributed by atoms with E-state index in [-0.39, 0.29) is 17.9 Å². The molecule has 3 amide bonds. The Hall–Kier alpha value is -2.83. The number of allylic oxidation sites excluding steroid dienone is 1. The van der Waals surface area contributed by atoms with Crippen molar-refractivity contribution in [3.8, 4) is 0 Å². The van der Waals surface area contributed by atoms with Gasteiger partial charge in [-0.3, -0.25) is 9.69 Å². The maximum absolute atomic E-state index is 12.7. The van der Waals surface area contributed by atoms with E-state index >= 15 is 0 Å². The van der Waals surface area contributed by atoms with E-state index in [1.54, 1.807) is 30.0 Å². The molecule has 0 radical (unpaired) electrons. The van der Waals surface area contributed by atoms with Crippen molar-refractivity contribution >= 4 is 23.6 Å². The van der Waals surface area contributed by atoms with Gasteiger partial charge < -0.3 is 15.4 Å². The number of ether oxygens (including phenoxy) is 1. The third-order valence-electron chi connectivity index (χ3n) is 4.75. The second-order valence-corrected chi connectivity index (χ2v) is 7.15. The topological polar surface area (TPSA) is 87.7 Å². The van der Waals surface area contributed by atoms with Gasteiger partial charge in [-0.25, -0.2) is 9.59 Å². The number of hydrogen-bond donors (Lipinski definition) is 2.